The summed E-state index contributed by atoms with van der Waals surface area (Å²) in [5.74, 6) is 0. The van der Waals surface area contributed by atoms with Crippen LogP contribution in [0.4, 0.5) is 26.3 Å². The average Bonchev–Trinajstić information content (AvgIpc) is 2.26. The molecule has 0 aromatic carbocycles. The van der Waals surface area contributed by atoms with E-state index in [1.165, 1.54) is 0 Å². The van der Waals surface area contributed by atoms with Gasteiger partial charge in [0, 0.05) is 20.3 Å². The van der Waals surface area contributed by atoms with Gasteiger partial charge >= 0.3 is 21.2 Å². The third-order valence-electron chi connectivity index (χ3n) is 2.50. The minimum absolute atomic E-state index is 0.0453. The van der Waals surface area contributed by atoms with Gasteiger partial charge in [-0.2, -0.15) is 26.3 Å². The molecule has 1 aliphatic heterocycles. The molecule has 0 aliphatic carbocycles. The fraction of sp³-hybridized carbons (Fsp3) is 0.750. The highest BCUT2D eigenvalue weighted by Crippen LogP contribution is 2.50. The van der Waals surface area contributed by atoms with E-state index in [4.69, 9.17) is 0 Å². The van der Waals surface area contributed by atoms with Gasteiger partial charge in [-0.15, -0.1) is 0 Å². The quantitative estimate of drug-likeness (QED) is 0.445. The summed E-state index contributed by atoms with van der Waals surface area (Å²) >= 11 is 0. The molecule has 0 amide bonds. The maximum atomic E-state index is 12.7. The van der Waals surface area contributed by atoms with Gasteiger partial charge in [0.1, 0.15) is 0 Å². The van der Waals surface area contributed by atoms with Crippen LogP contribution >= 0.6 is 0 Å². The van der Waals surface area contributed by atoms with Gasteiger partial charge in [-0.05, 0) is 6.08 Å². The lowest BCUT2D eigenvalue weighted by atomic mass is 10.0. The summed E-state index contributed by atoms with van der Waals surface area (Å²) < 4.78 is 89.8. The van der Waals surface area contributed by atoms with Gasteiger partial charge in [0.25, 0.3) is 5.60 Å². The Bertz CT molecular complexity index is 319. The van der Waals surface area contributed by atoms with E-state index in [2.05, 4.69) is 13.3 Å². The SMILES string of the molecule is CO[Si]1(OC)CC=CC(C(F)(F)F)(C(F)(F)F)O1. The molecule has 0 unspecified atom stereocenters. The van der Waals surface area contributed by atoms with Crippen molar-refractivity contribution in [3.8, 4) is 0 Å². The summed E-state index contributed by atoms with van der Waals surface area (Å²) in [6.45, 7) is 0. The zero-order chi connectivity index (χ0) is 14.2. The molecule has 0 atom stereocenters. The van der Waals surface area contributed by atoms with Crippen LogP contribution < -0.4 is 0 Å². The van der Waals surface area contributed by atoms with E-state index >= 15 is 0 Å². The van der Waals surface area contributed by atoms with Gasteiger partial charge in [-0.3, -0.25) is 0 Å². The van der Waals surface area contributed by atoms with Crippen molar-refractivity contribution in [2.45, 2.75) is 24.0 Å². The van der Waals surface area contributed by atoms with Crippen molar-refractivity contribution in [3.63, 3.8) is 0 Å². The normalized spacial score (nSPS) is 23.1. The molecular formula is C8H10F6O3Si. The van der Waals surface area contributed by atoms with Gasteiger partial charge in [0.05, 0.1) is 0 Å². The largest absolute Gasteiger partial charge is 0.505 e. The van der Waals surface area contributed by atoms with Gasteiger partial charge < -0.3 is 13.3 Å². The van der Waals surface area contributed by atoms with Crippen LogP contribution in [0.1, 0.15) is 0 Å². The molecule has 0 radical (unpaired) electrons. The lowest BCUT2D eigenvalue weighted by Crippen LogP contribution is -2.65. The van der Waals surface area contributed by atoms with Crippen LogP contribution in [0.5, 0.6) is 0 Å². The predicted octanol–water partition coefficient (Wildman–Crippen LogP) is 2.67. The van der Waals surface area contributed by atoms with E-state index in [1.54, 1.807) is 0 Å². The van der Waals surface area contributed by atoms with Crippen molar-refractivity contribution in [1.29, 1.82) is 0 Å². The minimum atomic E-state index is -5.66. The predicted molar refractivity (Wildman–Crippen MR) is 49.6 cm³/mol. The molecule has 10 heteroatoms. The Hall–Kier alpha value is -0.583. The summed E-state index contributed by atoms with van der Waals surface area (Å²) in [5, 5.41) is 0. The molecule has 0 aromatic rings. The number of hydrogen-bond acceptors (Lipinski definition) is 3. The number of hydrogen-bond donors (Lipinski definition) is 0. The van der Waals surface area contributed by atoms with Gasteiger partial charge in [0.15, 0.2) is 0 Å². The molecule has 0 saturated carbocycles. The van der Waals surface area contributed by atoms with Crippen molar-refractivity contribution in [3.05, 3.63) is 12.2 Å². The van der Waals surface area contributed by atoms with E-state index in [0.29, 0.717) is 0 Å². The van der Waals surface area contributed by atoms with Gasteiger partial charge in [-0.1, -0.05) is 6.08 Å². The van der Waals surface area contributed by atoms with Crippen LogP contribution in [0.15, 0.2) is 12.2 Å². The Morgan fingerprint density at radius 1 is 1.06 bits per heavy atom. The molecule has 1 aliphatic rings. The highest BCUT2D eigenvalue weighted by Gasteiger charge is 2.74. The van der Waals surface area contributed by atoms with E-state index < -0.39 is 26.8 Å². The van der Waals surface area contributed by atoms with E-state index in [9.17, 15) is 26.3 Å². The van der Waals surface area contributed by atoms with Crippen molar-refractivity contribution < 1.29 is 39.6 Å². The monoisotopic (exact) mass is 296 g/mol. The Labute approximate surface area is 99.7 Å². The summed E-state index contributed by atoms with van der Waals surface area (Å²) in [6.07, 6.45) is -10.6. The summed E-state index contributed by atoms with van der Waals surface area (Å²) in [5.41, 5.74) is -4.38. The highest BCUT2D eigenvalue weighted by molar-refractivity contribution is 6.61. The van der Waals surface area contributed by atoms with E-state index in [0.717, 1.165) is 20.3 Å². The lowest BCUT2D eigenvalue weighted by Gasteiger charge is -2.42. The third kappa shape index (κ3) is 2.29. The zero-order valence-electron chi connectivity index (χ0n) is 9.35. The molecule has 0 spiro atoms. The molecule has 0 fully saturated rings. The molecule has 0 aromatic heterocycles. The maximum absolute atomic E-state index is 12.7. The van der Waals surface area contributed by atoms with Crippen LogP contribution in [-0.2, 0) is 13.3 Å². The van der Waals surface area contributed by atoms with Crippen LogP contribution in [0.3, 0.4) is 0 Å². The van der Waals surface area contributed by atoms with Crippen LogP contribution in [-0.4, -0.2) is 41.0 Å². The van der Waals surface area contributed by atoms with Crippen molar-refractivity contribution in [2.24, 2.45) is 0 Å². The first-order chi connectivity index (χ1) is 8.04. The zero-order valence-corrected chi connectivity index (χ0v) is 10.4. The van der Waals surface area contributed by atoms with E-state index in [-0.39, 0.29) is 12.1 Å². The van der Waals surface area contributed by atoms with Crippen molar-refractivity contribution >= 4 is 8.80 Å². The Morgan fingerprint density at radius 2 is 1.50 bits per heavy atom. The van der Waals surface area contributed by atoms with Gasteiger partial charge in [-0.25, -0.2) is 0 Å². The standard InChI is InChI=1S/C8H10F6O3Si/c1-15-18(16-2)5-3-4-6(17-18,7(9,10)11)8(12,13)14/h3-4H,5H2,1-2H3. The molecule has 0 saturated heterocycles. The fourth-order valence-corrected chi connectivity index (χ4v) is 3.44. The van der Waals surface area contributed by atoms with Crippen LogP contribution in [0.25, 0.3) is 0 Å². The third-order valence-corrected chi connectivity index (χ3v) is 5.11. The second-order valence-corrected chi connectivity index (χ2v) is 6.33. The second kappa shape index (κ2) is 4.51. The van der Waals surface area contributed by atoms with Crippen molar-refractivity contribution in [2.75, 3.05) is 14.2 Å². The van der Waals surface area contributed by atoms with Crippen molar-refractivity contribution in [1.82, 2.24) is 0 Å². The smallest absolute Gasteiger partial charge is 0.377 e. The lowest BCUT2D eigenvalue weighted by molar-refractivity contribution is -0.348. The Balaban J connectivity index is 3.31. The van der Waals surface area contributed by atoms with Crippen LogP contribution in [0, 0.1) is 0 Å². The number of halogens is 6. The number of rotatable bonds is 2. The summed E-state index contributed by atoms with van der Waals surface area (Å²) in [4.78, 5) is 0. The molecule has 0 bridgehead atoms. The van der Waals surface area contributed by atoms with Gasteiger partial charge in [0.2, 0.25) is 0 Å². The molecule has 3 nitrogen and oxygen atoms in total. The Morgan fingerprint density at radius 3 is 1.83 bits per heavy atom. The van der Waals surface area contributed by atoms with E-state index in [1.807, 2.05) is 0 Å². The molecule has 1 rings (SSSR count). The second-order valence-electron chi connectivity index (χ2n) is 3.53. The molecule has 18 heavy (non-hydrogen) atoms. The van der Waals surface area contributed by atoms with Crippen LogP contribution in [0.2, 0.25) is 6.04 Å². The Kier molecular flexibility index (Phi) is 3.88. The first-order valence-corrected chi connectivity index (χ1v) is 6.58. The first kappa shape index (κ1) is 15.5. The summed E-state index contributed by atoms with van der Waals surface area (Å²) in [6, 6.07) is -0.256. The average molecular weight is 296 g/mol. The molecule has 1 heterocycles. The number of alkyl halides is 6. The molecule has 106 valence electrons. The minimum Gasteiger partial charge on any atom is -0.377 e. The highest BCUT2D eigenvalue weighted by atomic mass is 28.4. The number of allylic oxidation sites excluding steroid dienone is 1. The fourth-order valence-electron chi connectivity index (χ4n) is 1.49. The maximum Gasteiger partial charge on any atom is 0.505 e. The first-order valence-electron chi connectivity index (χ1n) is 4.65. The topological polar surface area (TPSA) is 27.7 Å². The summed E-state index contributed by atoms with van der Waals surface area (Å²) in [7, 11) is -2.11. The molecule has 0 N–H and O–H groups in total. The molecular weight excluding hydrogens is 286 g/mol.